The number of hydrogen-bond acceptors (Lipinski definition) is 3. The molecule has 1 aliphatic carbocycles. The minimum Gasteiger partial charge on any atom is -0.460 e. The molecule has 0 bridgehead atoms. The predicted octanol–water partition coefficient (Wildman–Crippen LogP) is 2.11. The molecule has 1 N–H and O–H groups in total. The molecular weight excluding hydrogens is 190 g/mol. The van der Waals surface area contributed by atoms with E-state index in [0.29, 0.717) is 6.04 Å². The van der Waals surface area contributed by atoms with Gasteiger partial charge >= 0.3 is 5.97 Å². The minimum absolute atomic E-state index is 0.0402. The van der Waals surface area contributed by atoms with E-state index in [4.69, 9.17) is 4.74 Å². The van der Waals surface area contributed by atoms with E-state index in [1.807, 2.05) is 27.8 Å². The van der Waals surface area contributed by atoms with Crippen LogP contribution < -0.4 is 5.32 Å². The lowest BCUT2D eigenvalue weighted by Gasteiger charge is -2.32. The maximum absolute atomic E-state index is 11.9. The Bertz CT molecular complexity index is 220. The highest BCUT2D eigenvalue weighted by Gasteiger charge is 2.33. The highest BCUT2D eigenvalue weighted by molar-refractivity contribution is 5.73. The largest absolute Gasteiger partial charge is 0.460 e. The lowest BCUT2D eigenvalue weighted by Crippen LogP contribution is -2.43. The van der Waals surface area contributed by atoms with E-state index in [9.17, 15) is 4.79 Å². The number of nitrogens with one attached hydrogen (secondary N) is 1. The molecule has 1 aliphatic rings. The van der Waals surface area contributed by atoms with Crippen molar-refractivity contribution in [3.8, 4) is 0 Å². The monoisotopic (exact) mass is 213 g/mol. The van der Waals surface area contributed by atoms with Crippen LogP contribution >= 0.6 is 0 Å². The van der Waals surface area contributed by atoms with Gasteiger partial charge < -0.3 is 10.1 Å². The number of esters is 1. The molecule has 1 rings (SSSR count). The fraction of sp³-hybridized carbons (Fsp3) is 0.917. The van der Waals surface area contributed by atoms with Crippen molar-refractivity contribution in [2.24, 2.45) is 5.92 Å². The van der Waals surface area contributed by atoms with Gasteiger partial charge in [0, 0.05) is 6.04 Å². The van der Waals surface area contributed by atoms with E-state index in [1.54, 1.807) is 0 Å². The van der Waals surface area contributed by atoms with Gasteiger partial charge in [-0.1, -0.05) is 12.8 Å². The van der Waals surface area contributed by atoms with Crippen molar-refractivity contribution in [1.29, 1.82) is 0 Å². The number of hydrogen-bond donors (Lipinski definition) is 1. The van der Waals surface area contributed by atoms with Crippen molar-refractivity contribution < 1.29 is 9.53 Å². The fourth-order valence-electron chi connectivity index (χ4n) is 2.14. The highest BCUT2D eigenvalue weighted by Crippen LogP contribution is 2.26. The quantitative estimate of drug-likeness (QED) is 0.714. The molecule has 0 spiro atoms. The molecule has 2 atom stereocenters. The SMILES string of the molecule is CNC1CCCCC1C(=O)OC(C)(C)C. The van der Waals surface area contributed by atoms with Crippen LogP contribution in [0.5, 0.6) is 0 Å². The molecule has 0 aromatic carbocycles. The van der Waals surface area contributed by atoms with Crippen LogP contribution in [0.2, 0.25) is 0 Å². The summed E-state index contributed by atoms with van der Waals surface area (Å²) in [5.74, 6) is 0.00419. The molecule has 2 unspecified atom stereocenters. The van der Waals surface area contributed by atoms with Crippen LogP contribution in [-0.4, -0.2) is 24.7 Å². The van der Waals surface area contributed by atoms with Crippen LogP contribution in [0.1, 0.15) is 46.5 Å². The van der Waals surface area contributed by atoms with Crippen molar-refractivity contribution in [2.75, 3.05) is 7.05 Å². The summed E-state index contributed by atoms with van der Waals surface area (Å²) < 4.78 is 5.43. The highest BCUT2D eigenvalue weighted by atomic mass is 16.6. The van der Waals surface area contributed by atoms with Gasteiger partial charge in [-0.15, -0.1) is 0 Å². The normalized spacial score (nSPS) is 27.5. The van der Waals surface area contributed by atoms with Gasteiger partial charge in [-0.05, 0) is 40.7 Å². The van der Waals surface area contributed by atoms with E-state index in [1.165, 1.54) is 6.42 Å². The Kier molecular flexibility index (Phi) is 4.14. The summed E-state index contributed by atoms with van der Waals surface area (Å²) in [4.78, 5) is 11.9. The first kappa shape index (κ1) is 12.5. The first-order valence-electron chi connectivity index (χ1n) is 5.84. The Labute approximate surface area is 92.6 Å². The standard InChI is InChI=1S/C12H23NO2/c1-12(2,3)15-11(14)9-7-5-6-8-10(9)13-4/h9-10,13H,5-8H2,1-4H3. The van der Waals surface area contributed by atoms with E-state index in [2.05, 4.69) is 5.32 Å². The molecule has 15 heavy (non-hydrogen) atoms. The topological polar surface area (TPSA) is 38.3 Å². The van der Waals surface area contributed by atoms with Crippen molar-refractivity contribution in [3.05, 3.63) is 0 Å². The Morgan fingerprint density at radius 1 is 1.27 bits per heavy atom. The number of rotatable bonds is 2. The summed E-state index contributed by atoms with van der Waals surface area (Å²) in [6, 6.07) is 0.300. The second-order valence-corrected chi connectivity index (χ2v) is 5.32. The third-order valence-electron chi connectivity index (χ3n) is 2.85. The van der Waals surface area contributed by atoms with E-state index in [0.717, 1.165) is 19.3 Å². The molecule has 3 heteroatoms. The average molecular weight is 213 g/mol. The summed E-state index contributed by atoms with van der Waals surface area (Å²) in [5, 5.41) is 3.22. The zero-order chi connectivity index (χ0) is 11.5. The van der Waals surface area contributed by atoms with Gasteiger partial charge in [0.25, 0.3) is 0 Å². The van der Waals surface area contributed by atoms with Gasteiger partial charge in [0.05, 0.1) is 5.92 Å². The molecule has 1 saturated carbocycles. The van der Waals surface area contributed by atoms with Crippen LogP contribution in [0.15, 0.2) is 0 Å². The van der Waals surface area contributed by atoms with Crippen LogP contribution in [0, 0.1) is 5.92 Å². The van der Waals surface area contributed by atoms with Gasteiger partial charge in [0.1, 0.15) is 5.60 Å². The molecule has 0 aromatic heterocycles. The lowest BCUT2D eigenvalue weighted by atomic mass is 9.84. The maximum atomic E-state index is 11.9. The zero-order valence-corrected chi connectivity index (χ0v) is 10.3. The second kappa shape index (κ2) is 4.97. The van der Waals surface area contributed by atoms with Crippen LogP contribution in [0.4, 0.5) is 0 Å². The molecule has 0 amide bonds. The number of ether oxygens (including phenoxy) is 1. The van der Waals surface area contributed by atoms with Crippen LogP contribution in [0.25, 0.3) is 0 Å². The summed E-state index contributed by atoms with van der Waals surface area (Å²) in [5.41, 5.74) is -0.368. The maximum Gasteiger partial charge on any atom is 0.311 e. The van der Waals surface area contributed by atoms with Gasteiger partial charge in [-0.2, -0.15) is 0 Å². The molecule has 0 aliphatic heterocycles. The van der Waals surface area contributed by atoms with Crippen molar-refractivity contribution in [2.45, 2.75) is 58.1 Å². The van der Waals surface area contributed by atoms with Crippen LogP contribution in [0.3, 0.4) is 0 Å². The molecule has 0 heterocycles. The fourth-order valence-corrected chi connectivity index (χ4v) is 2.14. The third-order valence-corrected chi connectivity index (χ3v) is 2.85. The van der Waals surface area contributed by atoms with Crippen molar-refractivity contribution in [1.82, 2.24) is 5.32 Å². The predicted molar refractivity (Wildman–Crippen MR) is 60.7 cm³/mol. The molecular formula is C12H23NO2. The van der Waals surface area contributed by atoms with Gasteiger partial charge in [0.15, 0.2) is 0 Å². The van der Waals surface area contributed by atoms with Gasteiger partial charge in [-0.25, -0.2) is 0 Å². The second-order valence-electron chi connectivity index (χ2n) is 5.32. The average Bonchev–Trinajstić information content (AvgIpc) is 2.15. The third kappa shape index (κ3) is 3.82. The summed E-state index contributed by atoms with van der Waals surface area (Å²) in [6.07, 6.45) is 4.40. The summed E-state index contributed by atoms with van der Waals surface area (Å²) in [7, 11) is 1.92. The Balaban J connectivity index is 2.56. The van der Waals surface area contributed by atoms with Gasteiger partial charge in [-0.3, -0.25) is 4.79 Å². The van der Waals surface area contributed by atoms with E-state index >= 15 is 0 Å². The minimum atomic E-state index is -0.368. The smallest absolute Gasteiger partial charge is 0.311 e. The van der Waals surface area contributed by atoms with E-state index in [-0.39, 0.29) is 17.5 Å². The van der Waals surface area contributed by atoms with Gasteiger partial charge in [0.2, 0.25) is 0 Å². The first-order valence-corrected chi connectivity index (χ1v) is 5.84. The van der Waals surface area contributed by atoms with Crippen LogP contribution in [-0.2, 0) is 9.53 Å². The molecule has 0 aromatic rings. The summed E-state index contributed by atoms with van der Waals surface area (Å²) >= 11 is 0. The lowest BCUT2D eigenvalue weighted by molar-refractivity contribution is -0.162. The zero-order valence-electron chi connectivity index (χ0n) is 10.3. The molecule has 0 saturated heterocycles. The molecule has 0 radical (unpaired) electrons. The summed E-state index contributed by atoms with van der Waals surface area (Å²) in [6.45, 7) is 5.76. The number of carbonyl (C=O) groups excluding carboxylic acids is 1. The van der Waals surface area contributed by atoms with Crippen molar-refractivity contribution in [3.63, 3.8) is 0 Å². The van der Waals surface area contributed by atoms with Crippen molar-refractivity contribution >= 4 is 5.97 Å². The first-order chi connectivity index (χ1) is 6.94. The Hall–Kier alpha value is -0.570. The molecule has 88 valence electrons. The molecule has 1 fully saturated rings. The Morgan fingerprint density at radius 3 is 2.40 bits per heavy atom. The number of carbonyl (C=O) groups is 1. The Morgan fingerprint density at radius 2 is 1.87 bits per heavy atom. The molecule has 3 nitrogen and oxygen atoms in total. The van der Waals surface area contributed by atoms with E-state index < -0.39 is 0 Å².